The molecule has 7 heteroatoms. The lowest BCUT2D eigenvalue weighted by atomic mass is 10.1. The number of hydrogen-bond acceptors (Lipinski definition) is 6. The van der Waals surface area contributed by atoms with E-state index >= 15 is 0 Å². The lowest BCUT2D eigenvalue weighted by Crippen LogP contribution is -2.39. The molecule has 4 atom stereocenters. The summed E-state index contributed by atoms with van der Waals surface area (Å²) in [7, 11) is 3.43. The van der Waals surface area contributed by atoms with Crippen LogP contribution in [0.5, 0.6) is 0 Å². The lowest BCUT2D eigenvalue weighted by Gasteiger charge is -2.24. The Balaban J connectivity index is 1.80. The molecule has 0 bridgehead atoms. The highest BCUT2D eigenvalue weighted by atomic mass is 16.5. The van der Waals surface area contributed by atoms with Crippen molar-refractivity contribution in [3.05, 3.63) is 53.9 Å². The van der Waals surface area contributed by atoms with Gasteiger partial charge in [0.15, 0.2) is 5.78 Å². The van der Waals surface area contributed by atoms with Crippen LogP contribution in [0.15, 0.2) is 48.3 Å². The minimum atomic E-state index is -0.543. The van der Waals surface area contributed by atoms with Crippen LogP contribution in [0, 0.1) is 11.8 Å². The lowest BCUT2D eigenvalue weighted by molar-refractivity contribution is -0.131. The molecule has 1 saturated carbocycles. The maximum absolute atomic E-state index is 12.6. The number of rotatable bonds is 12. The van der Waals surface area contributed by atoms with E-state index in [2.05, 4.69) is 29.9 Å². The summed E-state index contributed by atoms with van der Waals surface area (Å²) in [6.45, 7) is 6.33. The second-order valence-electron chi connectivity index (χ2n) is 7.66. The molecular weight excluding hydrogens is 368 g/mol. The Morgan fingerprint density at radius 1 is 1.34 bits per heavy atom. The third kappa shape index (κ3) is 6.84. The summed E-state index contributed by atoms with van der Waals surface area (Å²) in [6, 6.07) is 8.50. The second kappa shape index (κ2) is 10.9. The number of nitrogens with two attached hydrogens (primary N) is 1. The average Bonchev–Trinajstić information content (AvgIpc) is 3.45. The highest BCUT2D eigenvalue weighted by molar-refractivity contribution is 5.85. The third-order valence-electron chi connectivity index (χ3n) is 5.11. The molecule has 29 heavy (non-hydrogen) atoms. The van der Waals surface area contributed by atoms with E-state index in [1.54, 1.807) is 14.1 Å². The summed E-state index contributed by atoms with van der Waals surface area (Å²) in [4.78, 5) is 26.1. The van der Waals surface area contributed by atoms with Crippen LogP contribution in [0.2, 0.25) is 0 Å². The number of likely N-dealkylation sites (N-methyl/N-ethyl adjacent to an activating group) is 1. The van der Waals surface area contributed by atoms with Gasteiger partial charge in [0.25, 0.3) is 0 Å². The van der Waals surface area contributed by atoms with Crippen molar-refractivity contribution in [1.29, 1.82) is 0 Å². The first kappa shape index (κ1) is 22.8. The van der Waals surface area contributed by atoms with Crippen molar-refractivity contribution in [1.82, 2.24) is 15.5 Å². The molecular formula is C22H32N4O3. The maximum Gasteiger partial charge on any atom is 0.249 e. The van der Waals surface area contributed by atoms with Gasteiger partial charge in [-0.05, 0) is 23.8 Å². The first-order valence-corrected chi connectivity index (χ1v) is 9.83. The van der Waals surface area contributed by atoms with E-state index in [4.69, 9.17) is 10.5 Å². The standard InChI is InChI=1S/C22H32N4O3/c1-5-17(12-24-14-29-13-19(27)20(23)18-11-15(18)2)25-21(22(28)26(3)4)16-9-7-6-8-10-16/h6-10,15,18,20-21,24-25H,1,11-14,23H2,2-4H3. The number of carbonyl (C=O) groups excluding carboxylic acids is 2. The summed E-state index contributed by atoms with van der Waals surface area (Å²) in [6.07, 6.45) is 1.01. The zero-order valence-corrected chi connectivity index (χ0v) is 17.5. The Morgan fingerprint density at radius 3 is 2.55 bits per heavy atom. The Hall–Kier alpha value is -2.44. The average molecular weight is 401 g/mol. The zero-order chi connectivity index (χ0) is 21.4. The first-order valence-electron chi connectivity index (χ1n) is 9.83. The molecule has 0 radical (unpaired) electrons. The summed E-state index contributed by atoms with van der Waals surface area (Å²) >= 11 is 0. The second-order valence-corrected chi connectivity index (χ2v) is 7.66. The van der Waals surface area contributed by atoms with Gasteiger partial charge in [0.2, 0.25) is 5.91 Å². The fourth-order valence-corrected chi connectivity index (χ4v) is 3.12. The topological polar surface area (TPSA) is 96.7 Å². The van der Waals surface area contributed by atoms with Gasteiger partial charge in [-0.3, -0.25) is 14.9 Å². The van der Waals surface area contributed by atoms with Crippen LogP contribution >= 0.6 is 0 Å². The van der Waals surface area contributed by atoms with Crippen LogP contribution in [0.1, 0.15) is 24.9 Å². The van der Waals surface area contributed by atoms with Crippen molar-refractivity contribution in [3.63, 3.8) is 0 Å². The quantitative estimate of drug-likeness (QED) is 0.277. The molecule has 0 heterocycles. The van der Waals surface area contributed by atoms with Gasteiger partial charge in [0, 0.05) is 20.6 Å². The Kier molecular flexibility index (Phi) is 8.61. The predicted molar refractivity (Wildman–Crippen MR) is 113 cm³/mol. The van der Waals surface area contributed by atoms with Crippen molar-refractivity contribution in [2.75, 3.05) is 34.0 Å². The molecule has 0 aromatic heterocycles. The molecule has 7 nitrogen and oxygen atoms in total. The summed E-state index contributed by atoms with van der Waals surface area (Å²) in [5.41, 5.74) is 10.2. The smallest absolute Gasteiger partial charge is 0.249 e. The predicted octanol–water partition coefficient (Wildman–Crippen LogP) is 1.19. The molecule has 1 amide bonds. The molecule has 1 aliphatic rings. The first-order chi connectivity index (χ1) is 13.8. The van der Waals surface area contributed by atoms with Gasteiger partial charge in [0.05, 0.1) is 18.5 Å². The van der Waals surface area contributed by atoms with Gasteiger partial charge in [0.1, 0.15) is 12.6 Å². The van der Waals surface area contributed by atoms with Gasteiger partial charge in [-0.15, -0.1) is 5.73 Å². The third-order valence-corrected chi connectivity index (χ3v) is 5.11. The minimum Gasteiger partial charge on any atom is -0.366 e. The summed E-state index contributed by atoms with van der Waals surface area (Å²) in [5.74, 6) is 0.678. The van der Waals surface area contributed by atoms with Crippen LogP contribution in [0.4, 0.5) is 0 Å². The van der Waals surface area contributed by atoms with E-state index < -0.39 is 12.1 Å². The summed E-state index contributed by atoms with van der Waals surface area (Å²) < 4.78 is 5.39. The van der Waals surface area contributed by atoms with E-state index in [1.807, 2.05) is 30.3 Å². The van der Waals surface area contributed by atoms with E-state index in [1.165, 1.54) is 4.90 Å². The van der Waals surface area contributed by atoms with Crippen molar-refractivity contribution in [2.45, 2.75) is 25.4 Å². The molecule has 1 aromatic rings. The normalized spacial score (nSPS) is 19.6. The van der Waals surface area contributed by atoms with Gasteiger partial charge in [-0.25, -0.2) is 0 Å². The molecule has 1 aliphatic carbocycles. The minimum absolute atomic E-state index is 0.0102. The number of Topliss-reactive ketones (excluding diaryl/α,β-unsaturated/α-hetero) is 1. The van der Waals surface area contributed by atoms with Crippen molar-refractivity contribution in [3.8, 4) is 0 Å². The highest BCUT2D eigenvalue weighted by Crippen LogP contribution is 2.39. The highest BCUT2D eigenvalue weighted by Gasteiger charge is 2.40. The number of amides is 1. The van der Waals surface area contributed by atoms with Gasteiger partial charge in [-0.2, -0.15) is 0 Å². The molecule has 4 unspecified atom stereocenters. The number of nitrogens with zero attached hydrogens (tertiary/aromatic N) is 1. The Labute approximate surface area is 173 Å². The number of ketones is 1. The number of ether oxygens (including phenoxy) is 1. The molecule has 1 fully saturated rings. The maximum atomic E-state index is 12.6. The van der Waals surface area contributed by atoms with Crippen LogP contribution in [-0.4, -0.2) is 56.6 Å². The number of carbonyl (C=O) groups is 2. The number of benzene rings is 1. The van der Waals surface area contributed by atoms with Crippen molar-refractivity contribution < 1.29 is 14.3 Å². The summed E-state index contributed by atoms with van der Waals surface area (Å²) in [5, 5.41) is 6.26. The number of nitrogens with one attached hydrogen (secondary N) is 2. The van der Waals surface area contributed by atoms with Crippen molar-refractivity contribution in [2.24, 2.45) is 17.6 Å². The molecule has 158 valence electrons. The van der Waals surface area contributed by atoms with Gasteiger partial charge in [-0.1, -0.05) is 43.8 Å². The fourth-order valence-electron chi connectivity index (χ4n) is 3.12. The van der Waals surface area contributed by atoms with E-state index in [0.29, 0.717) is 24.1 Å². The van der Waals surface area contributed by atoms with Crippen molar-refractivity contribution >= 4 is 11.7 Å². The monoisotopic (exact) mass is 400 g/mol. The SMILES string of the molecule is C=C=C(CNCOCC(=O)C(N)C1CC1C)NC(C(=O)N(C)C)c1ccccc1. The zero-order valence-electron chi connectivity index (χ0n) is 17.5. The molecule has 1 aromatic carbocycles. The number of hydrogen-bond donors (Lipinski definition) is 3. The Bertz CT molecular complexity index is 744. The molecule has 4 N–H and O–H groups in total. The van der Waals surface area contributed by atoms with Gasteiger partial charge < -0.3 is 20.7 Å². The molecule has 2 rings (SSSR count). The fraction of sp³-hybridized carbons (Fsp3) is 0.500. The van der Waals surface area contributed by atoms with Crippen LogP contribution in [0.25, 0.3) is 0 Å². The largest absolute Gasteiger partial charge is 0.366 e. The van der Waals surface area contributed by atoms with Gasteiger partial charge >= 0.3 is 0 Å². The van der Waals surface area contributed by atoms with Crippen LogP contribution in [-0.2, 0) is 14.3 Å². The van der Waals surface area contributed by atoms with E-state index in [0.717, 1.165) is 12.0 Å². The van der Waals surface area contributed by atoms with Crippen LogP contribution < -0.4 is 16.4 Å². The molecule has 0 aliphatic heterocycles. The van der Waals surface area contributed by atoms with E-state index in [9.17, 15) is 9.59 Å². The Morgan fingerprint density at radius 2 is 2.00 bits per heavy atom. The van der Waals surface area contributed by atoms with Crippen LogP contribution in [0.3, 0.4) is 0 Å². The molecule has 0 spiro atoms. The van der Waals surface area contributed by atoms with E-state index in [-0.39, 0.29) is 25.0 Å². The molecule has 0 saturated heterocycles.